The van der Waals surface area contributed by atoms with E-state index in [1.54, 1.807) is 6.07 Å². The number of pyridine rings is 1. The lowest BCUT2D eigenvalue weighted by atomic mass is 9.94. The number of rotatable bonds is 1. The first kappa shape index (κ1) is 9.83. The van der Waals surface area contributed by atoms with Crippen LogP contribution in [-0.4, -0.2) is 23.8 Å². The van der Waals surface area contributed by atoms with Gasteiger partial charge >= 0.3 is 5.97 Å². The van der Waals surface area contributed by atoms with E-state index in [0.717, 1.165) is 11.3 Å². The van der Waals surface area contributed by atoms with E-state index in [0.29, 0.717) is 24.8 Å². The number of aryl methyl sites for hydroxylation is 1. The first-order valence-corrected chi connectivity index (χ1v) is 4.78. The average molecular weight is 205 g/mol. The van der Waals surface area contributed by atoms with Crippen LogP contribution >= 0.6 is 0 Å². The first-order valence-electron chi connectivity index (χ1n) is 4.78. The van der Waals surface area contributed by atoms with Crippen LogP contribution in [0.15, 0.2) is 12.3 Å². The molecule has 0 amide bonds. The van der Waals surface area contributed by atoms with Gasteiger partial charge in [-0.1, -0.05) is 0 Å². The molecule has 0 bridgehead atoms. The van der Waals surface area contributed by atoms with Gasteiger partial charge in [-0.15, -0.1) is 0 Å². The maximum absolute atomic E-state index is 11.2. The minimum Gasteiger partial charge on any atom is -0.465 e. The number of nitrogens with zero attached hydrogens (tertiary/aromatic N) is 1. The molecule has 0 N–H and O–H groups in total. The molecule has 0 aromatic carbocycles. The van der Waals surface area contributed by atoms with Gasteiger partial charge in [-0.05, 0) is 18.1 Å². The molecule has 1 aromatic rings. The van der Waals surface area contributed by atoms with Crippen molar-refractivity contribution in [3.05, 3.63) is 29.1 Å². The summed E-state index contributed by atoms with van der Waals surface area (Å²) < 4.78 is 4.59. The van der Waals surface area contributed by atoms with Gasteiger partial charge in [0.1, 0.15) is 5.78 Å². The highest BCUT2D eigenvalue weighted by atomic mass is 16.5. The lowest BCUT2D eigenvalue weighted by Gasteiger charge is -2.13. The molecule has 0 fully saturated rings. The SMILES string of the molecule is COC(=O)c1cnc2c(c1)CC(=O)CC2. The summed E-state index contributed by atoms with van der Waals surface area (Å²) in [7, 11) is 1.33. The molecule has 1 heterocycles. The number of carbonyl (C=O) groups excluding carboxylic acids is 2. The van der Waals surface area contributed by atoms with Crippen molar-refractivity contribution in [2.75, 3.05) is 7.11 Å². The second-order valence-electron chi connectivity index (χ2n) is 3.54. The smallest absolute Gasteiger partial charge is 0.339 e. The van der Waals surface area contributed by atoms with Crippen molar-refractivity contribution in [2.24, 2.45) is 0 Å². The quantitative estimate of drug-likeness (QED) is 0.640. The van der Waals surface area contributed by atoms with Gasteiger partial charge in [0.15, 0.2) is 0 Å². The number of esters is 1. The Hall–Kier alpha value is -1.71. The molecule has 0 radical (unpaired) electrons. The summed E-state index contributed by atoms with van der Waals surface area (Å²) in [6.45, 7) is 0. The molecule has 0 spiro atoms. The average Bonchev–Trinajstić information content (AvgIpc) is 2.27. The normalized spacial score (nSPS) is 14.6. The van der Waals surface area contributed by atoms with Gasteiger partial charge in [0, 0.05) is 24.7 Å². The standard InChI is InChI=1S/C11H11NO3/c1-15-11(14)8-4-7-5-9(13)2-3-10(7)12-6-8/h4,6H,2-3,5H2,1H3. The third-order valence-electron chi connectivity index (χ3n) is 2.51. The van der Waals surface area contributed by atoms with E-state index in [1.165, 1.54) is 13.3 Å². The molecule has 15 heavy (non-hydrogen) atoms. The van der Waals surface area contributed by atoms with Crippen LogP contribution in [0.2, 0.25) is 0 Å². The number of hydrogen-bond acceptors (Lipinski definition) is 4. The summed E-state index contributed by atoms with van der Waals surface area (Å²) >= 11 is 0. The molecule has 0 unspecified atom stereocenters. The Morgan fingerprint density at radius 2 is 2.27 bits per heavy atom. The molecular weight excluding hydrogens is 194 g/mol. The molecular formula is C11H11NO3. The maximum atomic E-state index is 11.2. The number of fused-ring (bicyclic) bond motifs is 1. The summed E-state index contributed by atoms with van der Waals surface area (Å²) in [5, 5.41) is 0. The number of hydrogen-bond donors (Lipinski definition) is 0. The first-order chi connectivity index (χ1) is 7.20. The fourth-order valence-electron chi connectivity index (χ4n) is 1.70. The van der Waals surface area contributed by atoms with Crippen molar-refractivity contribution in [1.29, 1.82) is 0 Å². The lowest BCUT2D eigenvalue weighted by Crippen LogP contribution is -2.16. The number of carbonyl (C=O) groups is 2. The largest absolute Gasteiger partial charge is 0.465 e. The third-order valence-corrected chi connectivity index (χ3v) is 2.51. The van der Waals surface area contributed by atoms with E-state index in [9.17, 15) is 9.59 Å². The minimum absolute atomic E-state index is 0.200. The molecule has 0 atom stereocenters. The van der Waals surface area contributed by atoms with Crippen molar-refractivity contribution in [3.8, 4) is 0 Å². The summed E-state index contributed by atoms with van der Waals surface area (Å²) in [6.07, 6.45) is 3.11. The Balaban J connectivity index is 2.36. The zero-order valence-corrected chi connectivity index (χ0v) is 8.45. The molecule has 1 aliphatic rings. The van der Waals surface area contributed by atoms with Crippen LogP contribution in [0.3, 0.4) is 0 Å². The van der Waals surface area contributed by atoms with Crippen molar-refractivity contribution in [2.45, 2.75) is 19.3 Å². The molecule has 0 saturated heterocycles. The zero-order chi connectivity index (χ0) is 10.8. The van der Waals surface area contributed by atoms with Crippen molar-refractivity contribution < 1.29 is 14.3 Å². The van der Waals surface area contributed by atoms with Gasteiger partial charge in [0.25, 0.3) is 0 Å². The Morgan fingerprint density at radius 1 is 1.47 bits per heavy atom. The highest BCUT2D eigenvalue weighted by Gasteiger charge is 2.18. The molecule has 78 valence electrons. The van der Waals surface area contributed by atoms with E-state index in [-0.39, 0.29) is 5.78 Å². The number of ketones is 1. The van der Waals surface area contributed by atoms with E-state index in [1.807, 2.05) is 0 Å². The molecule has 1 aliphatic carbocycles. The Morgan fingerprint density at radius 3 is 3.00 bits per heavy atom. The molecule has 1 aromatic heterocycles. The van der Waals surface area contributed by atoms with Crippen LogP contribution in [0.4, 0.5) is 0 Å². The van der Waals surface area contributed by atoms with Crippen LogP contribution in [0, 0.1) is 0 Å². The Bertz CT molecular complexity index is 426. The molecule has 2 rings (SSSR count). The van der Waals surface area contributed by atoms with E-state index in [2.05, 4.69) is 9.72 Å². The second-order valence-corrected chi connectivity index (χ2v) is 3.54. The van der Waals surface area contributed by atoms with Crippen LogP contribution in [-0.2, 0) is 22.4 Å². The molecule has 4 nitrogen and oxygen atoms in total. The minimum atomic E-state index is -0.414. The molecule has 0 saturated carbocycles. The van der Waals surface area contributed by atoms with Gasteiger partial charge < -0.3 is 4.74 Å². The lowest BCUT2D eigenvalue weighted by molar-refractivity contribution is -0.118. The third kappa shape index (κ3) is 1.88. The number of aromatic nitrogens is 1. The number of ether oxygens (including phenoxy) is 1. The summed E-state index contributed by atoms with van der Waals surface area (Å²) in [4.78, 5) is 26.6. The van der Waals surface area contributed by atoms with Crippen LogP contribution < -0.4 is 0 Å². The van der Waals surface area contributed by atoms with Crippen molar-refractivity contribution in [1.82, 2.24) is 4.98 Å². The van der Waals surface area contributed by atoms with Crippen LogP contribution in [0.5, 0.6) is 0 Å². The van der Waals surface area contributed by atoms with Gasteiger partial charge in [-0.25, -0.2) is 4.79 Å². The number of methoxy groups -OCH3 is 1. The van der Waals surface area contributed by atoms with E-state index in [4.69, 9.17) is 0 Å². The highest BCUT2D eigenvalue weighted by Crippen LogP contribution is 2.18. The zero-order valence-electron chi connectivity index (χ0n) is 8.45. The summed E-state index contributed by atoms with van der Waals surface area (Å²) in [5.74, 6) is -0.213. The van der Waals surface area contributed by atoms with Crippen LogP contribution in [0.1, 0.15) is 28.0 Å². The Labute approximate surface area is 87.3 Å². The second kappa shape index (κ2) is 3.81. The fraction of sp³-hybridized carbons (Fsp3) is 0.364. The van der Waals surface area contributed by atoms with E-state index >= 15 is 0 Å². The van der Waals surface area contributed by atoms with E-state index < -0.39 is 5.97 Å². The molecule has 0 aliphatic heterocycles. The van der Waals surface area contributed by atoms with Gasteiger partial charge in [-0.3, -0.25) is 9.78 Å². The number of Topliss-reactive ketones (excluding diaryl/α,β-unsaturated/α-hetero) is 1. The Kier molecular flexibility index (Phi) is 2.49. The predicted octanol–water partition coefficient (Wildman–Crippen LogP) is 0.926. The maximum Gasteiger partial charge on any atom is 0.339 e. The topological polar surface area (TPSA) is 56.3 Å². The van der Waals surface area contributed by atoms with Gasteiger partial charge in [-0.2, -0.15) is 0 Å². The molecule has 4 heteroatoms. The highest BCUT2D eigenvalue weighted by molar-refractivity contribution is 5.90. The van der Waals surface area contributed by atoms with Gasteiger partial charge in [0.2, 0.25) is 0 Å². The fourth-order valence-corrected chi connectivity index (χ4v) is 1.70. The monoisotopic (exact) mass is 205 g/mol. The predicted molar refractivity (Wildman–Crippen MR) is 52.6 cm³/mol. The van der Waals surface area contributed by atoms with Crippen molar-refractivity contribution >= 4 is 11.8 Å². The summed E-state index contributed by atoms with van der Waals surface area (Å²) in [6, 6.07) is 1.70. The van der Waals surface area contributed by atoms with Crippen LogP contribution in [0.25, 0.3) is 0 Å². The van der Waals surface area contributed by atoms with Crippen molar-refractivity contribution in [3.63, 3.8) is 0 Å². The summed E-state index contributed by atoms with van der Waals surface area (Å²) in [5.41, 5.74) is 2.18. The van der Waals surface area contributed by atoms with Gasteiger partial charge in [0.05, 0.1) is 12.7 Å².